The van der Waals surface area contributed by atoms with Crippen molar-refractivity contribution in [1.29, 1.82) is 0 Å². The molecule has 0 spiro atoms. The van der Waals surface area contributed by atoms with E-state index in [-0.39, 0.29) is 12.1 Å². The fourth-order valence-electron chi connectivity index (χ4n) is 4.90. The van der Waals surface area contributed by atoms with Crippen molar-refractivity contribution in [3.8, 4) is 5.75 Å². The quantitative estimate of drug-likeness (QED) is 0.309. The van der Waals surface area contributed by atoms with Crippen LogP contribution in [0.1, 0.15) is 18.4 Å². The summed E-state index contributed by atoms with van der Waals surface area (Å²) in [6.45, 7) is 4.34. The highest BCUT2D eigenvalue weighted by molar-refractivity contribution is 7.89. The average molecular weight is 526 g/mol. The van der Waals surface area contributed by atoms with Crippen molar-refractivity contribution in [2.24, 2.45) is 5.92 Å². The molecule has 9 heteroatoms. The lowest BCUT2D eigenvalue weighted by atomic mass is 9.98. The summed E-state index contributed by atoms with van der Waals surface area (Å²) in [7, 11) is -3.44. The molecule has 0 saturated carbocycles. The lowest BCUT2D eigenvalue weighted by Crippen LogP contribution is -2.42. The van der Waals surface area contributed by atoms with Crippen LogP contribution in [0.15, 0.2) is 71.6 Å². The van der Waals surface area contributed by atoms with Crippen LogP contribution in [0.4, 0.5) is 0 Å². The van der Waals surface area contributed by atoms with Crippen LogP contribution in [0.2, 0.25) is 0 Å². The van der Waals surface area contributed by atoms with Crippen LogP contribution in [0, 0.1) is 12.8 Å². The number of aromatic amines is 1. The Kier molecular flexibility index (Phi) is 8.51. The zero-order valence-corrected chi connectivity index (χ0v) is 21.8. The average Bonchev–Trinajstić information content (AvgIpc) is 3.27. The Morgan fingerprint density at radius 2 is 1.73 bits per heavy atom. The van der Waals surface area contributed by atoms with Crippen molar-refractivity contribution < 1.29 is 23.7 Å². The number of aryl methyl sites for hydroxylation is 1. The number of nitrogens with zero attached hydrogens (tertiary/aromatic N) is 1. The maximum absolute atomic E-state index is 12.9. The minimum atomic E-state index is -3.44. The molecule has 1 saturated heterocycles. The number of aromatic nitrogens is 1. The normalized spacial score (nSPS) is 16.1. The predicted octanol–water partition coefficient (Wildman–Crippen LogP) is 3.24. The number of hydrogen-bond acceptors (Lipinski definition) is 5. The molecule has 0 radical (unpaired) electrons. The largest absolute Gasteiger partial charge is 0.490 e. The minimum Gasteiger partial charge on any atom is -0.490 e. The summed E-state index contributed by atoms with van der Waals surface area (Å²) in [6, 6.07) is 21.0. The Bertz CT molecular complexity index is 1430. The molecule has 198 valence electrons. The first-order valence-corrected chi connectivity index (χ1v) is 13.9. The second-order valence-corrected chi connectivity index (χ2v) is 11.6. The van der Waals surface area contributed by atoms with Crippen LogP contribution < -0.4 is 10.1 Å². The molecule has 1 aliphatic rings. The zero-order chi connectivity index (χ0) is 25.1. The number of para-hydroxylation sites is 1. The van der Waals surface area contributed by atoms with Gasteiger partial charge in [0.25, 0.3) is 0 Å². The molecule has 1 aliphatic heterocycles. The van der Waals surface area contributed by atoms with Crippen molar-refractivity contribution in [2.45, 2.75) is 30.8 Å². The van der Waals surface area contributed by atoms with Crippen LogP contribution in [0.5, 0.6) is 5.75 Å². The van der Waals surface area contributed by atoms with Gasteiger partial charge in [-0.15, -0.1) is 0 Å². The smallest absolute Gasteiger partial charge is 0.243 e. The molecule has 0 bridgehead atoms. The van der Waals surface area contributed by atoms with E-state index in [0.717, 1.165) is 52.5 Å². The molecular weight excluding hydrogens is 490 g/mol. The number of ether oxygens (including phenoxy) is 1. The fraction of sp³-hybridized carbons (Fsp3) is 0.357. The first-order valence-electron chi connectivity index (χ1n) is 12.5. The number of aliphatic hydroxyl groups is 1. The van der Waals surface area contributed by atoms with Crippen LogP contribution in [-0.2, 0) is 10.0 Å². The van der Waals surface area contributed by atoms with Crippen LogP contribution in [0.3, 0.4) is 0 Å². The SMILES string of the molecule is Cc1ccc(S(=O)(=O)N2CCC(CNCC(O)COc3cccc4[nH]c5ccccc5c34)CC2)cc1.O. The van der Waals surface area contributed by atoms with Crippen molar-refractivity contribution in [1.82, 2.24) is 14.6 Å². The standard InChI is InChI=1S/C28H33N3O4S.H2O/c1-20-9-11-23(12-10-20)36(33,34)31-15-13-21(14-16-31)17-29-18-22(32)19-35-27-8-4-7-26-28(27)24-5-2-3-6-25(24)30-26;/h2-12,21-22,29-30,32H,13-19H2,1H3;1H2. The molecule has 4 aromatic rings. The van der Waals surface area contributed by atoms with E-state index in [4.69, 9.17) is 4.74 Å². The zero-order valence-electron chi connectivity index (χ0n) is 21.0. The maximum atomic E-state index is 12.9. The highest BCUT2D eigenvalue weighted by Crippen LogP contribution is 2.33. The number of nitrogens with one attached hydrogen (secondary N) is 2. The number of piperidine rings is 1. The maximum Gasteiger partial charge on any atom is 0.243 e. The third-order valence-corrected chi connectivity index (χ3v) is 8.88. The van der Waals surface area contributed by atoms with E-state index in [2.05, 4.69) is 16.4 Å². The van der Waals surface area contributed by atoms with Gasteiger partial charge in [0.1, 0.15) is 18.5 Å². The van der Waals surface area contributed by atoms with Gasteiger partial charge in [0, 0.05) is 35.9 Å². The van der Waals surface area contributed by atoms with Gasteiger partial charge in [0.2, 0.25) is 10.0 Å². The predicted molar refractivity (Wildman–Crippen MR) is 146 cm³/mol. The first kappa shape index (κ1) is 27.1. The van der Waals surface area contributed by atoms with E-state index in [1.54, 1.807) is 16.4 Å². The number of aliphatic hydroxyl groups excluding tert-OH is 1. The van der Waals surface area contributed by atoms with E-state index >= 15 is 0 Å². The number of benzene rings is 3. The highest BCUT2D eigenvalue weighted by Gasteiger charge is 2.29. The topological polar surface area (TPSA) is 126 Å². The molecule has 8 nitrogen and oxygen atoms in total. The van der Waals surface area contributed by atoms with E-state index in [9.17, 15) is 13.5 Å². The van der Waals surface area contributed by atoms with Crippen molar-refractivity contribution >= 4 is 31.8 Å². The number of sulfonamides is 1. The molecule has 5 N–H and O–H groups in total. The molecule has 1 fully saturated rings. The lowest BCUT2D eigenvalue weighted by molar-refractivity contribution is 0.105. The summed E-state index contributed by atoms with van der Waals surface area (Å²) in [5.41, 5.74) is 3.11. The summed E-state index contributed by atoms with van der Waals surface area (Å²) in [6.07, 6.45) is 0.952. The molecule has 2 heterocycles. The van der Waals surface area contributed by atoms with Gasteiger partial charge in [-0.05, 0) is 62.6 Å². The van der Waals surface area contributed by atoms with Gasteiger partial charge in [0.05, 0.1) is 10.4 Å². The van der Waals surface area contributed by atoms with Crippen LogP contribution >= 0.6 is 0 Å². The second kappa shape index (κ2) is 11.6. The third kappa shape index (κ3) is 5.97. The van der Waals surface area contributed by atoms with E-state index in [1.165, 1.54) is 0 Å². The molecule has 37 heavy (non-hydrogen) atoms. The molecule has 1 aromatic heterocycles. The lowest BCUT2D eigenvalue weighted by Gasteiger charge is -2.31. The molecular formula is C28H35N3O5S. The number of hydrogen-bond donors (Lipinski definition) is 3. The van der Waals surface area contributed by atoms with Gasteiger partial charge in [-0.25, -0.2) is 8.42 Å². The Labute approximate surface area is 217 Å². The monoisotopic (exact) mass is 525 g/mol. The minimum absolute atomic E-state index is 0. The van der Waals surface area contributed by atoms with E-state index in [0.29, 0.717) is 30.4 Å². The second-order valence-electron chi connectivity index (χ2n) is 9.63. The van der Waals surface area contributed by atoms with Crippen molar-refractivity contribution in [3.63, 3.8) is 0 Å². The van der Waals surface area contributed by atoms with Gasteiger partial charge >= 0.3 is 0 Å². The number of rotatable bonds is 9. The number of H-pyrrole nitrogens is 1. The van der Waals surface area contributed by atoms with Gasteiger partial charge < -0.3 is 25.6 Å². The van der Waals surface area contributed by atoms with Crippen molar-refractivity contribution in [2.75, 3.05) is 32.8 Å². The highest BCUT2D eigenvalue weighted by atomic mass is 32.2. The van der Waals surface area contributed by atoms with E-state index < -0.39 is 16.1 Å². The Balaban J connectivity index is 0.00000320. The summed E-state index contributed by atoms with van der Waals surface area (Å²) >= 11 is 0. The molecule has 0 amide bonds. The third-order valence-electron chi connectivity index (χ3n) is 6.97. The molecule has 5 rings (SSSR count). The Morgan fingerprint density at radius 1 is 1.03 bits per heavy atom. The summed E-state index contributed by atoms with van der Waals surface area (Å²) < 4.78 is 33.4. The first-order chi connectivity index (χ1) is 17.4. The van der Waals surface area contributed by atoms with Gasteiger partial charge in [-0.1, -0.05) is 42.0 Å². The van der Waals surface area contributed by atoms with Crippen molar-refractivity contribution in [3.05, 3.63) is 72.3 Å². The number of fused-ring (bicyclic) bond motifs is 3. The molecule has 0 aliphatic carbocycles. The Morgan fingerprint density at radius 3 is 2.49 bits per heavy atom. The van der Waals surface area contributed by atoms with Gasteiger partial charge in [0.15, 0.2) is 0 Å². The van der Waals surface area contributed by atoms with Gasteiger partial charge in [-0.3, -0.25) is 0 Å². The summed E-state index contributed by atoms with van der Waals surface area (Å²) in [5, 5.41) is 16.0. The van der Waals surface area contributed by atoms with Crippen LogP contribution in [0.25, 0.3) is 21.8 Å². The fourth-order valence-corrected chi connectivity index (χ4v) is 6.37. The molecule has 1 atom stereocenters. The Hall–Kier alpha value is -2.95. The summed E-state index contributed by atoms with van der Waals surface area (Å²) in [4.78, 5) is 3.76. The molecule has 3 aromatic carbocycles. The summed E-state index contributed by atoms with van der Waals surface area (Å²) in [5.74, 6) is 1.13. The van der Waals surface area contributed by atoms with E-state index in [1.807, 2.05) is 55.5 Å². The molecule has 1 unspecified atom stereocenters. The van der Waals surface area contributed by atoms with Gasteiger partial charge in [-0.2, -0.15) is 4.31 Å². The van der Waals surface area contributed by atoms with Crippen LogP contribution in [-0.4, -0.2) is 67.2 Å².